The summed E-state index contributed by atoms with van der Waals surface area (Å²) in [5.41, 5.74) is 0. The summed E-state index contributed by atoms with van der Waals surface area (Å²) in [7, 11) is 0. The van der Waals surface area contributed by atoms with Crippen LogP contribution >= 0.6 is 12.8 Å². The Morgan fingerprint density at radius 3 is 3.11 bits per heavy atom. The van der Waals surface area contributed by atoms with Gasteiger partial charge in [-0.05, 0) is 0 Å². The van der Waals surface area contributed by atoms with E-state index in [0.29, 0.717) is 12.2 Å². The Hall–Kier alpha value is -0.970. The molecule has 4 nitrogen and oxygen atoms in total. The largest absolute Gasteiger partial charge is 0.449 e. The molecular formula is C4H4N2O2S. The first-order valence-corrected chi connectivity index (χ1v) is 2.56. The van der Waals surface area contributed by atoms with Crippen molar-refractivity contribution in [2.24, 2.45) is 0 Å². The fraction of sp³-hybridized carbons (Fsp3) is 0. The summed E-state index contributed by atoms with van der Waals surface area (Å²) in [4.78, 5) is 13.6. The number of oxazole rings is 1. The Morgan fingerprint density at radius 1 is 1.89 bits per heavy atom. The van der Waals surface area contributed by atoms with E-state index in [4.69, 9.17) is 0 Å². The van der Waals surface area contributed by atoms with Gasteiger partial charge in [0.1, 0.15) is 6.26 Å². The average molecular weight is 144 g/mol. The van der Waals surface area contributed by atoms with Crippen LogP contribution in [-0.4, -0.2) is 11.4 Å². The number of aromatic nitrogens is 1. The van der Waals surface area contributed by atoms with Gasteiger partial charge in [-0.1, -0.05) is 12.8 Å². The van der Waals surface area contributed by atoms with Crippen molar-refractivity contribution in [3.05, 3.63) is 12.7 Å². The zero-order chi connectivity index (χ0) is 6.69. The Labute approximate surface area is 57.0 Å². The molecule has 0 aliphatic carbocycles. The summed E-state index contributed by atoms with van der Waals surface area (Å²) in [6.45, 7) is 0. The highest BCUT2D eigenvalue weighted by atomic mass is 32.1. The second-order valence-corrected chi connectivity index (χ2v) is 1.73. The van der Waals surface area contributed by atoms with Crippen LogP contribution in [-0.2, 0) is 4.79 Å². The molecule has 5 heteroatoms. The predicted molar refractivity (Wildman–Crippen MR) is 34.0 cm³/mol. The standard InChI is InChI=1S/C4H4N2O2S/c7-3-6(9)4-1-8-2-5-4/h1-3,9H. The van der Waals surface area contributed by atoms with Crippen LogP contribution in [0.25, 0.3) is 0 Å². The molecule has 1 aromatic rings. The number of thiol groups is 1. The third kappa shape index (κ3) is 1.23. The van der Waals surface area contributed by atoms with Crippen molar-refractivity contribution in [3.63, 3.8) is 0 Å². The van der Waals surface area contributed by atoms with Crippen molar-refractivity contribution < 1.29 is 9.21 Å². The minimum absolute atomic E-state index is 0.383. The maximum Gasteiger partial charge on any atom is 0.225 e. The zero-order valence-electron chi connectivity index (χ0n) is 4.39. The molecule has 0 spiro atoms. The maximum absolute atomic E-state index is 9.97. The van der Waals surface area contributed by atoms with Crippen molar-refractivity contribution in [1.82, 2.24) is 4.98 Å². The molecule has 0 radical (unpaired) electrons. The molecule has 1 aromatic heterocycles. The first kappa shape index (κ1) is 6.15. The first-order valence-electron chi connectivity index (χ1n) is 2.16. The molecule has 0 aliphatic rings. The highest BCUT2D eigenvalue weighted by Crippen LogP contribution is 2.08. The van der Waals surface area contributed by atoms with E-state index in [2.05, 4.69) is 22.2 Å². The number of carbonyl (C=O) groups excluding carboxylic acids is 1. The van der Waals surface area contributed by atoms with Gasteiger partial charge in [-0.2, -0.15) is 4.98 Å². The lowest BCUT2D eigenvalue weighted by atomic mass is 10.8. The van der Waals surface area contributed by atoms with E-state index in [9.17, 15) is 4.79 Å². The molecule has 0 unspecified atom stereocenters. The Balaban J connectivity index is 2.76. The van der Waals surface area contributed by atoms with E-state index in [1.807, 2.05) is 0 Å². The zero-order valence-corrected chi connectivity index (χ0v) is 5.28. The minimum atomic E-state index is 0.383. The monoisotopic (exact) mass is 144 g/mol. The van der Waals surface area contributed by atoms with Crippen LogP contribution < -0.4 is 4.31 Å². The van der Waals surface area contributed by atoms with Crippen molar-refractivity contribution in [2.45, 2.75) is 0 Å². The van der Waals surface area contributed by atoms with Crippen molar-refractivity contribution in [2.75, 3.05) is 4.31 Å². The van der Waals surface area contributed by atoms with Crippen LogP contribution in [0.4, 0.5) is 5.82 Å². The summed E-state index contributed by atoms with van der Waals surface area (Å²) >= 11 is 3.73. The summed E-state index contributed by atoms with van der Waals surface area (Å²) in [6.07, 6.45) is 3.07. The van der Waals surface area contributed by atoms with Crippen molar-refractivity contribution in [3.8, 4) is 0 Å². The van der Waals surface area contributed by atoms with Crippen molar-refractivity contribution in [1.29, 1.82) is 0 Å². The third-order valence-electron chi connectivity index (χ3n) is 0.754. The molecule has 0 atom stereocenters. The molecule has 0 saturated carbocycles. The highest BCUT2D eigenvalue weighted by molar-refractivity contribution is 7.82. The van der Waals surface area contributed by atoms with Crippen molar-refractivity contribution >= 4 is 25.0 Å². The second-order valence-electron chi connectivity index (χ2n) is 1.30. The molecule has 0 aromatic carbocycles. The van der Waals surface area contributed by atoms with Gasteiger partial charge in [0.15, 0.2) is 12.2 Å². The SMILES string of the molecule is O=CN(S)c1cocn1. The van der Waals surface area contributed by atoms with Gasteiger partial charge in [0.2, 0.25) is 6.41 Å². The van der Waals surface area contributed by atoms with E-state index >= 15 is 0 Å². The Kier molecular flexibility index (Phi) is 1.74. The lowest BCUT2D eigenvalue weighted by molar-refractivity contribution is -0.106. The number of carbonyl (C=O) groups is 1. The van der Waals surface area contributed by atoms with Gasteiger partial charge in [0.25, 0.3) is 0 Å². The van der Waals surface area contributed by atoms with Gasteiger partial charge in [0.05, 0.1) is 0 Å². The number of hydrogen-bond donors (Lipinski definition) is 1. The van der Waals surface area contributed by atoms with Crippen LogP contribution in [0.15, 0.2) is 17.1 Å². The van der Waals surface area contributed by atoms with E-state index < -0.39 is 0 Å². The molecule has 48 valence electrons. The molecule has 0 aliphatic heterocycles. The normalized spacial score (nSPS) is 9.00. The summed E-state index contributed by atoms with van der Waals surface area (Å²) in [5.74, 6) is 0.383. The van der Waals surface area contributed by atoms with E-state index in [0.717, 1.165) is 4.31 Å². The van der Waals surface area contributed by atoms with Gasteiger partial charge < -0.3 is 4.42 Å². The van der Waals surface area contributed by atoms with E-state index in [1.165, 1.54) is 12.7 Å². The first-order chi connectivity index (χ1) is 4.34. The molecule has 0 fully saturated rings. The van der Waals surface area contributed by atoms with Gasteiger partial charge >= 0.3 is 0 Å². The number of anilines is 1. The van der Waals surface area contributed by atoms with Crippen LogP contribution in [0.1, 0.15) is 0 Å². The fourth-order valence-corrected chi connectivity index (χ4v) is 0.472. The molecule has 1 rings (SSSR count). The second kappa shape index (κ2) is 2.54. The van der Waals surface area contributed by atoms with Crippen LogP contribution in [0, 0.1) is 0 Å². The van der Waals surface area contributed by atoms with Gasteiger partial charge in [-0.25, -0.2) is 4.31 Å². The van der Waals surface area contributed by atoms with Gasteiger partial charge in [0, 0.05) is 0 Å². The molecular weight excluding hydrogens is 140 g/mol. The number of hydrogen-bond acceptors (Lipinski definition) is 4. The summed E-state index contributed by atoms with van der Waals surface area (Å²) < 4.78 is 5.59. The van der Waals surface area contributed by atoms with Crippen LogP contribution in [0.3, 0.4) is 0 Å². The molecule has 1 heterocycles. The Morgan fingerprint density at radius 2 is 2.67 bits per heavy atom. The molecule has 0 N–H and O–H groups in total. The molecule has 9 heavy (non-hydrogen) atoms. The average Bonchev–Trinajstić information content (AvgIpc) is 2.37. The van der Waals surface area contributed by atoms with Crippen LogP contribution in [0.2, 0.25) is 0 Å². The summed E-state index contributed by atoms with van der Waals surface area (Å²) in [6, 6.07) is 0. The molecule has 1 amide bonds. The fourth-order valence-electron chi connectivity index (χ4n) is 0.373. The third-order valence-corrected chi connectivity index (χ3v) is 1.05. The minimum Gasteiger partial charge on any atom is -0.449 e. The topological polar surface area (TPSA) is 46.3 Å². The highest BCUT2D eigenvalue weighted by Gasteiger charge is 1.99. The van der Waals surface area contributed by atoms with Gasteiger partial charge in [-0.15, -0.1) is 0 Å². The van der Waals surface area contributed by atoms with Crippen LogP contribution in [0.5, 0.6) is 0 Å². The van der Waals surface area contributed by atoms with E-state index in [1.54, 1.807) is 0 Å². The number of amides is 1. The summed E-state index contributed by atoms with van der Waals surface area (Å²) in [5, 5.41) is 0. The molecule has 0 saturated heterocycles. The smallest absolute Gasteiger partial charge is 0.225 e. The van der Waals surface area contributed by atoms with Gasteiger partial charge in [-0.3, -0.25) is 4.79 Å². The maximum atomic E-state index is 9.97. The number of nitrogens with zero attached hydrogens (tertiary/aromatic N) is 2. The quantitative estimate of drug-likeness (QED) is 0.485. The molecule has 0 bridgehead atoms. The lowest BCUT2D eigenvalue weighted by Gasteiger charge is -1.99. The number of rotatable bonds is 2. The predicted octanol–water partition coefficient (Wildman–Crippen LogP) is 0.482. The Bertz CT molecular complexity index is 186. The lowest BCUT2D eigenvalue weighted by Crippen LogP contribution is -2.05. The van der Waals surface area contributed by atoms with E-state index in [-0.39, 0.29) is 0 Å².